The van der Waals surface area contributed by atoms with E-state index < -0.39 is 0 Å². The van der Waals surface area contributed by atoms with Gasteiger partial charge in [-0.3, -0.25) is 4.79 Å². The first-order chi connectivity index (χ1) is 20.2. The SMILES string of the molecule is COc1ccc(Cn2cc([C@H](CC(=O)N3CCCC3)c3ccc(OCc4ccccc4)cc3)c3ccccc32)cc1. The van der Waals surface area contributed by atoms with Crippen LogP contribution in [0.4, 0.5) is 0 Å². The Kier molecular flexibility index (Phi) is 8.04. The summed E-state index contributed by atoms with van der Waals surface area (Å²) in [6.45, 7) is 2.98. The molecule has 1 aromatic heterocycles. The molecule has 208 valence electrons. The van der Waals surface area contributed by atoms with Crippen LogP contribution in [0.25, 0.3) is 10.9 Å². The normalized spacial score (nSPS) is 13.8. The van der Waals surface area contributed by atoms with Crippen LogP contribution >= 0.6 is 0 Å². The number of fused-ring (bicyclic) bond motifs is 1. The Morgan fingerprint density at radius 3 is 2.20 bits per heavy atom. The number of para-hydroxylation sites is 1. The smallest absolute Gasteiger partial charge is 0.223 e. The molecular formula is C36H36N2O3. The second-order valence-corrected chi connectivity index (χ2v) is 10.8. The molecule has 5 heteroatoms. The number of nitrogens with zero attached hydrogens (tertiary/aromatic N) is 2. The highest BCUT2D eigenvalue weighted by Gasteiger charge is 2.26. The standard InChI is InChI=1S/C36H36N2O3/c1-40-30-17-13-27(14-18-30)24-38-25-34(32-11-5-6-12-35(32)38)33(23-36(39)37-21-7-8-22-37)29-15-19-31(20-16-29)41-26-28-9-3-2-4-10-28/h2-6,9-20,25,33H,7-8,21-24,26H2,1H3/t33-/m1/s1. The molecule has 0 spiro atoms. The molecule has 5 nitrogen and oxygen atoms in total. The Morgan fingerprint density at radius 1 is 0.780 bits per heavy atom. The Morgan fingerprint density at radius 2 is 1.46 bits per heavy atom. The molecular weight excluding hydrogens is 508 g/mol. The molecule has 1 aliphatic heterocycles. The van der Waals surface area contributed by atoms with Crippen molar-refractivity contribution in [3.63, 3.8) is 0 Å². The first kappa shape index (κ1) is 26.7. The van der Waals surface area contributed by atoms with Gasteiger partial charge in [-0.25, -0.2) is 0 Å². The zero-order valence-electron chi connectivity index (χ0n) is 23.5. The van der Waals surface area contributed by atoms with E-state index in [4.69, 9.17) is 9.47 Å². The van der Waals surface area contributed by atoms with Gasteiger partial charge in [-0.2, -0.15) is 0 Å². The molecule has 1 atom stereocenters. The Labute approximate surface area is 241 Å². The summed E-state index contributed by atoms with van der Waals surface area (Å²) in [6.07, 6.45) is 4.87. The quantitative estimate of drug-likeness (QED) is 0.184. The van der Waals surface area contributed by atoms with Crippen molar-refractivity contribution in [3.8, 4) is 11.5 Å². The van der Waals surface area contributed by atoms with Crippen molar-refractivity contribution in [1.29, 1.82) is 0 Å². The minimum absolute atomic E-state index is 0.0618. The molecule has 2 heterocycles. The fourth-order valence-electron chi connectivity index (χ4n) is 5.83. The van der Waals surface area contributed by atoms with Crippen LogP contribution in [0.5, 0.6) is 11.5 Å². The molecule has 1 saturated heterocycles. The fourth-order valence-corrected chi connectivity index (χ4v) is 5.83. The highest BCUT2D eigenvalue weighted by molar-refractivity contribution is 5.87. The molecule has 1 aliphatic rings. The van der Waals surface area contributed by atoms with Crippen LogP contribution in [-0.4, -0.2) is 35.6 Å². The van der Waals surface area contributed by atoms with E-state index in [0.29, 0.717) is 13.0 Å². The molecule has 1 amide bonds. The number of amides is 1. The lowest BCUT2D eigenvalue weighted by atomic mass is 9.87. The number of carbonyl (C=O) groups is 1. The number of likely N-dealkylation sites (tertiary alicyclic amines) is 1. The summed E-state index contributed by atoms with van der Waals surface area (Å²) in [5.74, 6) is 1.84. The number of benzene rings is 4. The second-order valence-electron chi connectivity index (χ2n) is 10.8. The van der Waals surface area contributed by atoms with Crippen molar-refractivity contribution in [2.75, 3.05) is 20.2 Å². The molecule has 0 saturated carbocycles. The summed E-state index contributed by atoms with van der Waals surface area (Å²) >= 11 is 0. The maximum atomic E-state index is 13.5. The summed E-state index contributed by atoms with van der Waals surface area (Å²) in [4.78, 5) is 15.5. The molecule has 0 aliphatic carbocycles. The molecule has 0 radical (unpaired) electrons. The number of rotatable bonds is 10. The van der Waals surface area contributed by atoms with Crippen molar-refractivity contribution in [3.05, 3.63) is 132 Å². The van der Waals surface area contributed by atoms with E-state index in [-0.39, 0.29) is 11.8 Å². The third-order valence-electron chi connectivity index (χ3n) is 8.08. The number of aromatic nitrogens is 1. The Hall–Kier alpha value is -4.51. The number of hydrogen-bond acceptors (Lipinski definition) is 3. The second kappa shape index (κ2) is 12.3. The molecule has 0 N–H and O–H groups in total. The summed E-state index contributed by atoms with van der Waals surface area (Å²) in [7, 11) is 1.69. The highest BCUT2D eigenvalue weighted by atomic mass is 16.5. The van der Waals surface area contributed by atoms with Gasteiger partial charge >= 0.3 is 0 Å². The van der Waals surface area contributed by atoms with E-state index in [0.717, 1.165) is 55.1 Å². The summed E-state index contributed by atoms with van der Waals surface area (Å²) in [6, 6.07) is 35.2. The molecule has 6 rings (SSSR count). The van der Waals surface area contributed by atoms with Crippen molar-refractivity contribution in [2.24, 2.45) is 0 Å². The van der Waals surface area contributed by atoms with Gasteiger partial charge in [0.2, 0.25) is 5.91 Å². The molecule has 1 fully saturated rings. The van der Waals surface area contributed by atoms with E-state index >= 15 is 0 Å². The number of methoxy groups -OCH3 is 1. The van der Waals surface area contributed by atoms with Crippen LogP contribution in [0.2, 0.25) is 0 Å². The van der Waals surface area contributed by atoms with E-state index in [1.165, 1.54) is 22.0 Å². The third kappa shape index (κ3) is 6.14. The topological polar surface area (TPSA) is 43.7 Å². The third-order valence-corrected chi connectivity index (χ3v) is 8.08. The molecule has 4 aromatic carbocycles. The largest absolute Gasteiger partial charge is 0.497 e. The summed E-state index contributed by atoms with van der Waals surface area (Å²) in [5, 5.41) is 1.18. The van der Waals surface area contributed by atoms with Gasteiger partial charge in [0.05, 0.1) is 7.11 Å². The van der Waals surface area contributed by atoms with Gasteiger partial charge in [-0.1, -0.05) is 72.8 Å². The van der Waals surface area contributed by atoms with Crippen LogP contribution in [0.15, 0.2) is 109 Å². The van der Waals surface area contributed by atoms with E-state index in [9.17, 15) is 4.79 Å². The summed E-state index contributed by atoms with van der Waals surface area (Å²) in [5.41, 5.74) is 5.80. The lowest BCUT2D eigenvalue weighted by Gasteiger charge is -2.22. The van der Waals surface area contributed by atoms with Crippen molar-refractivity contribution in [1.82, 2.24) is 9.47 Å². The van der Waals surface area contributed by atoms with Gasteiger partial charge in [0.1, 0.15) is 18.1 Å². The summed E-state index contributed by atoms with van der Waals surface area (Å²) < 4.78 is 13.7. The number of ether oxygens (including phenoxy) is 2. The average molecular weight is 545 g/mol. The predicted octanol–water partition coefficient (Wildman–Crippen LogP) is 7.42. The van der Waals surface area contributed by atoms with Crippen molar-refractivity contribution < 1.29 is 14.3 Å². The van der Waals surface area contributed by atoms with E-state index in [1.807, 2.05) is 47.4 Å². The van der Waals surface area contributed by atoms with Gasteiger partial charge in [0.15, 0.2) is 0 Å². The van der Waals surface area contributed by atoms with Gasteiger partial charge < -0.3 is 18.9 Å². The Balaban J connectivity index is 1.32. The first-order valence-corrected chi connectivity index (χ1v) is 14.4. The molecule has 0 bridgehead atoms. The maximum Gasteiger partial charge on any atom is 0.223 e. The van der Waals surface area contributed by atoms with Crippen molar-refractivity contribution in [2.45, 2.75) is 38.3 Å². The van der Waals surface area contributed by atoms with Crippen LogP contribution in [0, 0.1) is 0 Å². The zero-order chi connectivity index (χ0) is 28.0. The molecule has 41 heavy (non-hydrogen) atoms. The molecule has 0 unspecified atom stereocenters. The van der Waals surface area contributed by atoms with E-state index in [1.54, 1.807) is 7.11 Å². The first-order valence-electron chi connectivity index (χ1n) is 14.4. The van der Waals surface area contributed by atoms with Gasteiger partial charge in [0.25, 0.3) is 0 Å². The maximum absolute atomic E-state index is 13.5. The van der Waals surface area contributed by atoms with Crippen LogP contribution in [0.3, 0.4) is 0 Å². The average Bonchev–Trinajstić information content (AvgIpc) is 3.69. The zero-order valence-corrected chi connectivity index (χ0v) is 23.5. The highest BCUT2D eigenvalue weighted by Crippen LogP contribution is 2.36. The van der Waals surface area contributed by atoms with Crippen LogP contribution in [-0.2, 0) is 17.9 Å². The molecule has 5 aromatic rings. The number of carbonyl (C=O) groups excluding carboxylic acids is 1. The van der Waals surface area contributed by atoms with Gasteiger partial charge in [0, 0.05) is 49.1 Å². The number of hydrogen-bond donors (Lipinski definition) is 0. The van der Waals surface area contributed by atoms with Gasteiger partial charge in [-0.15, -0.1) is 0 Å². The van der Waals surface area contributed by atoms with Crippen molar-refractivity contribution >= 4 is 16.8 Å². The minimum Gasteiger partial charge on any atom is -0.497 e. The lowest BCUT2D eigenvalue weighted by molar-refractivity contribution is -0.130. The Bertz CT molecular complexity index is 1580. The lowest BCUT2D eigenvalue weighted by Crippen LogP contribution is -2.29. The van der Waals surface area contributed by atoms with Crippen LogP contribution in [0.1, 0.15) is 47.4 Å². The van der Waals surface area contributed by atoms with E-state index in [2.05, 4.69) is 71.4 Å². The van der Waals surface area contributed by atoms with Gasteiger partial charge in [-0.05, 0) is 65.4 Å². The fraction of sp³-hybridized carbons (Fsp3) is 0.250. The predicted molar refractivity (Wildman–Crippen MR) is 164 cm³/mol. The monoisotopic (exact) mass is 544 g/mol. The minimum atomic E-state index is -0.0618. The van der Waals surface area contributed by atoms with Crippen LogP contribution < -0.4 is 9.47 Å².